The summed E-state index contributed by atoms with van der Waals surface area (Å²) in [5.74, 6) is 2.02. The molecule has 0 aromatic heterocycles. The van der Waals surface area contributed by atoms with Crippen LogP contribution in [0.5, 0.6) is 5.75 Å². The van der Waals surface area contributed by atoms with Gasteiger partial charge in [-0.3, -0.25) is 0 Å². The van der Waals surface area contributed by atoms with Crippen molar-refractivity contribution in [2.24, 2.45) is 0 Å². The number of benzene rings is 1. The maximum atomic E-state index is 5.60. The summed E-state index contributed by atoms with van der Waals surface area (Å²) in [6, 6.07) is 8.01. The second-order valence-electron chi connectivity index (χ2n) is 2.55. The number of ether oxygens (including phenoxy) is 1. The molecule has 0 bridgehead atoms. The normalized spacial score (nSPS) is 19.6. The first-order valence-corrected chi connectivity index (χ1v) is 5.09. The quantitative estimate of drug-likeness (QED) is 0.757. The van der Waals surface area contributed by atoms with Gasteiger partial charge in [0, 0.05) is 0 Å². The number of thioether (sulfide) groups is 1. The molecule has 1 atom stereocenters. The predicted molar refractivity (Wildman–Crippen MR) is 52.6 cm³/mol. The highest BCUT2D eigenvalue weighted by atomic mass is 32.2. The SMILES string of the molecule is CCSC1Nc2ccccc2O1. The molecule has 2 rings (SSSR count). The minimum absolute atomic E-state index is 0.104. The third-order valence-electron chi connectivity index (χ3n) is 1.71. The largest absolute Gasteiger partial charge is 0.459 e. The number of nitrogens with one attached hydrogen (secondary N) is 1. The molecular formula is C9H11NOS. The summed E-state index contributed by atoms with van der Waals surface area (Å²) in [7, 11) is 0. The summed E-state index contributed by atoms with van der Waals surface area (Å²) in [6.07, 6.45) is 0. The van der Waals surface area contributed by atoms with Crippen LogP contribution < -0.4 is 10.1 Å². The Kier molecular flexibility index (Phi) is 2.13. The zero-order valence-corrected chi connectivity index (χ0v) is 7.73. The highest BCUT2D eigenvalue weighted by Gasteiger charge is 2.19. The smallest absolute Gasteiger partial charge is 0.219 e. The molecule has 2 nitrogen and oxygen atoms in total. The van der Waals surface area contributed by atoms with Crippen LogP contribution in [0.4, 0.5) is 5.69 Å². The Morgan fingerprint density at radius 1 is 1.50 bits per heavy atom. The fourth-order valence-corrected chi connectivity index (χ4v) is 1.87. The van der Waals surface area contributed by atoms with Crippen molar-refractivity contribution < 1.29 is 4.74 Å². The van der Waals surface area contributed by atoms with E-state index in [9.17, 15) is 0 Å². The number of hydrogen-bond acceptors (Lipinski definition) is 3. The molecule has 1 aliphatic rings. The van der Waals surface area contributed by atoms with E-state index in [2.05, 4.69) is 12.2 Å². The van der Waals surface area contributed by atoms with Gasteiger partial charge in [-0.2, -0.15) is 0 Å². The molecule has 3 heteroatoms. The van der Waals surface area contributed by atoms with Gasteiger partial charge in [-0.1, -0.05) is 30.8 Å². The molecule has 0 aliphatic carbocycles. The van der Waals surface area contributed by atoms with Crippen LogP contribution in [0.1, 0.15) is 6.92 Å². The summed E-state index contributed by atoms with van der Waals surface area (Å²) < 4.78 is 5.60. The van der Waals surface area contributed by atoms with Crippen molar-refractivity contribution in [2.45, 2.75) is 12.5 Å². The van der Waals surface area contributed by atoms with E-state index in [-0.39, 0.29) is 5.56 Å². The summed E-state index contributed by atoms with van der Waals surface area (Å²) in [5.41, 5.74) is 1.20. The molecule has 0 radical (unpaired) electrons. The van der Waals surface area contributed by atoms with Crippen molar-refractivity contribution in [1.82, 2.24) is 0 Å². The standard InChI is InChI=1S/C9H11NOS/c1-2-12-9-10-7-5-3-4-6-8(7)11-9/h3-6,9-10H,2H2,1H3. The second kappa shape index (κ2) is 3.27. The highest BCUT2D eigenvalue weighted by Crippen LogP contribution is 2.34. The van der Waals surface area contributed by atoms with Crippen LogP contribution in [0.3, 0.4) is 0 Å². The summed E-state index contributed by atoms with van der Waals surface area (Å²) in [6.45, 7) is 2.12. The Balaban J connectivity index is 2.11. The summed E-state index contributed by atoms with van der Waals surface area (Å²) >= 11 is 1.76. The van der Waals surface area contributed by atoms with Crippen molar-refractivity contribution in [3.05, 3.63) is 24.3 Å². The van der Waals surface area contributed by atoms with Gasteiger partial charge in [0.2, 0.25) is 5.56 Å². The van der Waals surface area contributed by atoms with Crippen molar-refractivity contribution in [3.63, 3.8) is 0 Å². The molecule has 64 valence electrons. The Morgan fingerprint density at radius 2 is 2.33 bits per heavy atom. The number of para-hydroxylation sites is 2. The second-order valence-corrected chi connectivity index (χ2v) is 3.88. The molecule has 1 unspecified atom stereocenters. The van der Waals surface area contributed by atoms with E-state index in [0.717, 1.165) is 17.2 Å². The first-order valence-electron chi connectivity index (χ1n) is 4.04. The Morgan fingerprint density at radius 3 is 3.08 bits per heavy atom. The molecule has 1 aliphatic heterocycles. The van der Waals surface area contributed by atoms with Gasteiger partial charge < -0.3 is 10.1 Å². The van der Waals surface area contributed by atoms with Crippen LogP contribution in [0.2, 0.25) is 0 Å². The minimum Gasteiger partial charge on any atom is -0.459 e. The molecule has 0 saturated carbocycles. The molecule has 0 saturated heterocycles. The van der Waals surface area contributed by atoms with Crippen molar-refractivity contribution >= 4 is 17.4 Å². The first-order chi connectivity index (χ1) is 5.90. The van der Waals surface area contributed by atoms with Crippen molar-refractivity contribution in [2.75, 3.05) is 11.1 Å². The number of rotatable bonds is 2. The van der Waals surface area contributed by atoms with Crippen molar-refractivity contribution in [1.29, 1.82) is 0 Å². The van der Waals surface area contributed by atoms with Crippen LogP contribution in [-0.2, 0) is 0 Å². The van der Waals surface area contributed by atoms with Crippen LogP contribution >= 0.6 is 11.8 Å². The molecule has 1 aromatic carbocycles. The average molecular weight is 181 g/mol. The van der Waals surface area contributed by atoms with Gasteiger partial charge in [-0.15, -0.1) is 0 Å². The van der Waals surface area contributed by atoms with Crippen LogP contribution in [-0.4, -0.2) is 11.3 Å². The maximum Gasteiger partial charge on any atom is 0.219 e. The Bertz CT molecular complexity index is 252. The lowest BCUT2D eigenvalue weighted by Gasteiger charge is -2.07. The monoisotopic (exact) mass is 181 g/mol. The molecule has 0 amide bonds. The van der Waals surface area contributed by atoms with E-state index >= 15 is 0 Å². The van der Waals surface area contributed by atoms with Gasteiger partial charge in [-0.05, 0) is 17.9 Å². The zero-order chi connectivity index (χ0) is 8.39. The lowest BCUT2D eigenvalue weighted by atomic mass is 10.3. The lowest BCUT2D eigenvalue weighted by Crippen LogP contribution is -2.15. The summed E-state index contributed by atoms with van der Waals surface area (Å²) in [5, 5.41) is 3.28. The van der Waals surface area contributed by atoms with Gasteiger partial charge in [0.15, 0.2) is 0 Å². The van der Waals surface area contributed by atoms with Gasteiger partial charge in [-0.25, -0.2) is 0 Å². The number of hydrogen-bond donors (Lipinski definition) is 1. The molecule has 1 N–H and O–H groups in total. The van der Waals surface area contributed by atoms with Crippen LogP contribution in [0.15, 0.2) is 24.3 Å². The molecule has 0 spiro atoms. The molecule has 1 heterocycles. The number of anilines is 1. The molecule has 0 fully saturated rings. The number of fused-ring (bicyclic) bond motifs is 1. The fourth-order valence-electron chi connectivity index (χ4n) is 1.19. The molecule has 12 heavy (non-hydrogen) atoms. The third kappa shape index (κ3) is 1.37. The van der Waals surface area contributed by atoms with Crippen molar-refractivity contribution in [3.8, 4) is 5.75 Å². The van der Waals surface area contributed by atoms with E-state index in [4.69, 9.17) is 4.74 Å². The predicted octanol–water partition coefficient (Wildman–Crippen LogP) is 2.53. The Labute approximate surface area is 76.3 Å². The molecular weight excluding hydrogens is 170 g/mol. The summed E-state index contributed by atoms with van der Waals surface area (Å²) in [4.78, 5) is 0. The van der Waals surface area contributed by atoms with Gasteiger partial charge >= 0.3 is 0 Å². The Hall–Kier alpha value is -0.830. The topological polar surface area (TPSA) is 21.3 Å². The lowest BCUT2D eigenvalue weighted by molar-refractivity contribution is 0.340. The first kappa shape index (κ1) is 7.80. The van der Waals surface area contributed by atoms with Gasteiger partial charge in [0.05, 0.1) is 5.69 Å². The van der Waals surface area contributed by atoms with Crippen LogP contribution in [0, 0.1) is 0 Å². The van der Waals surface area contributed by atoms with E-state index in [1.165, 1.54) is 0 Å². The highest BCUT2D eigenvalue weighted by molar-refractivity contribution is 7.99. The van der Waals surface area contributed by atoms with E-state index in [1.54, 1.807) is 11.8 Å². The van der Waals surface area contributed by atoms with E-state index in [1.807, 2.05) is 24.3 Å². The van der Waals surface area contributed by atoms with Gasteiger partial charge in [0.1, 0.15) is 5.75 Å². The van der Waals surface area contributed by atoms with Gasteiger partial charge in [0.25, 0.3) is 0 Å². The minimum atomic E-state index is 0.104. The van der Waals surface area contributed by atoms with Crippen LogP contribution in [0.25, 0.3) is 0 Å². The average Bonchev–Trinajstić information content (AvgIpc) is 2.47. The third-order valence-corrected chi connectivity index (χ3v) is 2.56. The molecule has 1 aromatic rings. The zero-order valence-electron chi connectivity index (χ0n) is 6.91. The van der Waals surface area contributed by atoms with E-state index < -0.39 is 0 Å². The fraction of sp³-hybridized carbons (Fsp3) is 0.333. The maximum absolute atomic E-state index is 5.60. The van der Waals surface area contributed by atoms with E-state index in [0.29, 0.717) is 0 Å².